The number of carbonyl (C=O) groups is 1. The summed E-state index contributed by atoms with van der Waals surface area (Å²) in [5.74, 6) is -0.00628. The van der Waals surface area contributed by atoms with Crippen molar-refractivity contribution in [2.45, 2.75) is 70.8 Å². The topological polar surface area (TPSA) is 96.2 Å². The molecule has 37 heavy (non-hydrogen) atoms. The van der Waals surface area contributed by atoms with Crippen molar-refractivity contribution < 1.29 is 13.6 Å². The van der Waals surface area contributed by atoms with Crippen molar-refractivity contribution in [1.29, 1.82) is 0 Å². The molecule has 0 spiro atoms. The number of aryl methyl sites for hydroxylation is 1. The molecule has 2 atom stereocenters. The van der Waals surface area contributed by atoms with Crippen LogP contribution in [0.2, 0.25) is 23.2 Å². The fourth-order valence-electron chi connectivity index (χ4n) is 4.25. The minimum absolute atomic E-state index is 0.0516. The molecule has 1 amide bonds. The van der Waals surface area contributed by atoms with E-state index in [1.165, 1.54) is 0 Å². The monoisotopic (exact) mass is 538 g/mol. The van der Waals surface area contributed by atoms with Gasteiger partial charge in [0.05, 0.1) is 18.5 Å². The molecule has 0 aliphatic rings. The zero-order valence-electron chi connectivity index (χ0n) is 22.3. The fraction of sp³-hybridized carbons (Fsp3) is 0.393. The highest BCUT2D eigenvalue weighted by Crippen LogP contribution is 2.39. The van der Waals surface area contributed by atoms with Crippen LogP contribution >= 0.6 is 11.6 Å². The van der Waals surface area contributed by atoms with Crippen molar-refractivity contribution in [1.82, 2.24) is 14.5 Å². The molecule has 2 aromatic heterocycles. The highest BCUT2D eigenvalue weighted by Gasteiger charge is 2.40. The molecule has 4 rings (SSSR count). The van der Waals surface area contributed by atoms with Crippen LogP contribution < -0.4 is 5.73 Å². The number of nitrogens with zero attached hydrogens (tertiary/aromatic N) is 3. The van der Waals surface area contributed by atoms with Gasteiger partial charge in [-0.2, -0.15) is 0 Å². The molecule has 4 aromatic rings. The lowest BCUT2D eigenvalue weighted by atomic mass is 10.0. The van der Waals surface area contributed by atoms with Gasteiger partial charge in [0.25, 0.3) is 5.91 Å². The number of para-hydroxylation sites is 1. The van der Waals surface area contributed by atoms with Crippen molar-refractivity contribution in [2.75, 3.05) is 0 Å². The Bertz CT molecular complexity index is 1410. The van der Waals surface area contributed by atoms with Crippen LogP contribution in [0, 0.1) is 0 Å². The number of halogens is 1. The van der Waals surface area contributed by atoms with Gasteiger partial charge in [0.1, 0.15) is 11.2 Å². The molecule has 196 valence electrons. The summed E-state index contributed by atoms with van der Waals surface area (Å²) in [6.07, 6.45) is 4.77. The predicted octanol–water partition coefficient (Wildman–Crippen LogP) is 7.03. The van der Waals surface area contributed by atoms with Crippen LogP contribution in [-0.2, 0) is 10.8 Å². The van der Waals surface area contributed by atoms with E-state index in [9.17, 15) is 4.79 Å². The Labute approximate surface area is 224 Å². The van der Waals surface area contributed by atoms with E-state index in [0.717, 1.165) is 35.1 Å². The second-order valence-electron chi connectivity index (χ2n) is 11.1. The summed E-state index contributed by atoms with van der Waals surface area (Å²) >= 11 is 6.18. The van der Waals surface area contributed by atoms with Gasteiger partial charge in [-0.3, -0.25) is 4.79 Å². The van der Waals surface area contributed by atoms with Gasteiger partial charge >= 0.3 is 0 Å². The Morgan fingerprint density at radius 3 is 2.59 bits per heavy atom. The summed E-state index contributed by atoms with van der Waals surface area (Å²) in [5.41, 5.74) is 9.20. The quantitative estimate of drug-likeness (QED) is 0.231. The molecule has 0 saturated heterocycles. The van der Waals surface area contributed by atoms with Crippen LogP contribution in [0.3, 0.4) is 0 Å². The first-order chi connectivity index (χ1) is 17.4. The maximum Gasteiger partial charge on any atom is 0.268 e. The van der Waals surface area contributed by atoms with Crippen molar-refractivity contribution >= 4 is 36.9 Å². The second-order valence-corrected chi connectivity index (χ2v) is 16.2. The number of oxazole rings is 1. The van der Waals surface area contributed by atoms with Gasteiger partial charge in [0.15, 0.2) is 13.9 Å². The first-order valence-corrected chi connectivity index (χ1v) is 15.8. The number of aromatic nitrogens is 3. The lowest BCUT2D eigenvalue weighted by Gasteiger charge is -2.40. The molecule has 9 heteroatoms. The van der Waals surface area contributed by atoms with Crippen molar-refractivity contribution in [3.63, 3.8) is 0 Å². The first-order valence-electron chi connectivity index (χ1n) is 12.5. The lowest BCUT2D eigenvalue weighted by molar-refractivity contribution is 0.0995. The Morgan fingerprint density at radius 1 is 1.22 bits per heavy atom. The highest BCUT2D eigenvalue weighted by molar-refractivity contribution is 6.74. The first kappa shape index (κ1) is 27.1. The van der Waals surface area contributed by atoms with Crippen LogP contribution in [0.1, 0.15) is 56.2 Å². The molecule has 2 N–H and O–H groups in total. The molecule has 0 bridgehead atoms. The SMILES string of the molecule is C[C@H](O[Si](C)(C)C(C)(C)C)[C@@H](CCc1cccc2oc(-c3cccc(Cl)c3)nc12)n1cnc(C(N)=O)c1. The largest absolute Gasteiger partial charge is 0.436 e. The van der Waals surface area contributed by atoms with Crippen LogP contribution in [0.25, 0.3) is 22.6 Å². The van der Waals surface area contributed by atoms with Gasteiger partial charge < -0.3 is 19.1 Å². The number of imidazole rings is 1. The van der Waals surface area contributed by atoms with Crippen molar-refractivity contribution in [2.24, 2.45) is 5.73 Å². The zero-order valence-corrected chi connectivity index (χ0v) is 24.0. The number of fused-ring (bicyclic) bond motifs is 1. The summed E-state index contributed by atoms with van der Waals surface area (Å²) in [6.45, 7) is 13.3. The van der Waals surface area contributed by atoms with Gasteiger partial charge in [-0.05, 0) is 67.7 Å². The Morgan fingerprint density at radius 2 is 1.95 bits per heavy atom. The number of rotatable bonds is 9. The summed E-state index contributed by atoms with van der Waals surface area (Å²) in [5, 5.41) is 0.705. The zero-order chi connectivity index (χ0) is 27.0. The molecule has 0 unspecified atom stereocenters. The molecular weight excluding hydrogens is 504 g/mol. The number of benzene rings is 2. The van der Waals surface area contributed by atoms with E-state index in [4.69, 9.17) is 31.2 Å². The molecule has 0 aliphatic carbocycles. The predicted molar refractivity (Wildman–Crippen MR) is 150 cm³/mol. The van der Waals surface area contributed by atoms with Crippen molar-refractivity contribution in [3.05, 3.63) is 71.3 Å². The average Bonchev–Trinajstić information content (AvgIpc) is 3.46. The average molecular weight is 539 g/mol. The van der Waals surface area contributed by atoms with Gasteiger partial charge in [-0.1, -0.05) is 50.6 Å². The molecule has 0 radical (unpaired) electrons. The van der Waals surface area contributed by atoms with E-state index in [1.54, 1.807) is 12.5 Å². The smallest absolute Gasteiger partial charge is 0.268 e. The third-order valence-electron chi connectivity index (χ3n) is 7.35. The van der Waals surface area contributed by atoms with Gasteiger partial charge in [0.2, 0.25) is 5.89 Å². The molecule has 0 fully saturated rings. The molecule has 2 aromatic carbocycles. The third kappa shape index (κ3) is 5.97. The van der Waals surface area contributed by atoms with Crippen molar-refractivity contribution in [3.8, 4) is 11.5 Å². The van der Waals surface area contributed by atoms with E-state index < -0.39 is 14.2 Å². The molecule has 0 aliphatic heterocycles. The normalized spacial score (nSPS) is 14.1. The number of amides is 1. The standard InChI is InChI=1S/C28H35ClN4O3Si/c1-18(36-37(5,6)28(2,3)4)23(33-16-22(26(30)34)31-17-33)14-13-19-9-8-12-24-25(19)32-27(35-24)20-10-7-11-21(29)15-20/h7-12,15-18,23H,13-14H2,1-6H3,(H2,30,34)/t18-,23+/m0/s1. The fourth-order valence-corrected chi connectivity index (χ4v) is 5.88. The molecule has 7 nitrogen and oxygen atoms in total. The molecule has 0 saturated carbocycles. The van der Waals surface area contributed by atoms with E-state index in [1.807, 2.05) is 41.0 Å². The summed E-state index contributed by atoms with van der Waals surface area (Å²) in [6, 6.07) is 13.4. The van der Waals surface area contributed by atoms with E-state index in [0.29, 0.717) is 10.9 Å². The van der Waals surface area contributed by atoms with Crippen LogP contribution in [0.4, 0.5) is 0 Å². The number of primary amides is 1. The van der Waals surface area contributed by atoms with Crippen LogP contribution in [-0.4, -0.2) is 34.9 Å². The second kappa shape index (κ2) is 10.4. The van der Waals surface area contributed by atoms with Crippen LogP contribution in [0.15, 0.2) is 59.4 Å². The number of hydrogen-bond donors (Lipinski definition) is 1. The minimum atomic E-state index is -2.03. The van der Waals surface area contributed by atoms with Crippen LogP contribution in [0.5, 0.6) is 0 Å². The Kier molecular flexibility index (Phi) is 7.64. The Balaban J connectivity index is 1.63. The van der Waals surface area contributed by atoms with E-state index in [2.05, 4.69) is 51.8 Å². The minimum Gasteiger partial charge on any atom is -0.436 e. The van der Waals surface area contributed by atoms with E-state index in [-0.39, 0.29) is 22.9 Å². The maximum atomic E-state index is 11.7. The van der Waals surface area contributed by atoms with Gasteiger partial charge in [-0.15, -0.1) is 0 Å². The number of hydrogen-bond acceptors (Lipinski definition) is 5. The summed E-state index contributed by atoms with van der Waals surface area (Å²) in [4.78, 5) is 20.8. The molecular formula is C28H35ClN4O3Si. The molecule has 2 heterocycles. The third-order valence-corrected chi connectivity index (χ3v) is 12.2. The summed E-state index contributed by atoms with van der Waals surface area (Å²) < 4.78 is 14.8. The van der Waals surface area contributed by atoms with Gasteiger partial charge in [0, 0.05) is 16.8 Å². The highest BCUT2D eigenvalue weighted by atomic mass is 35.5. The number of nitrogens with two attached hydrogens (primary N) is 1. The lowest BCUT2D eigenvalue weighted by Crippen LogP contribution is -2.45. The Hall–Kier alpha value is -2.94. The maximum absolute atomic E-state index is 11.7. The summed E-state index contributed by atoms with van der Waals surface area (Å²) in [7, 11) is -2.03. The van der Waals surface area contributed by atoms with Gasteiger partial charge in [-0.25, -0.2) is 9.97 Å². The van der Waals surface area contributed by atoms with E-state index >= 15 is 0 Å². The number of carbonyl (C=O) groups excluding carboxylic acids is 1.